The molecule has 0 aromatic heterocycles. The van der Waals surface area contributed by atoms with Crippen LogP contribution in [0.3, 0.4) is 0 Å². The van der Waals surface area contributed by atoms with Gasteiger partial charge in [-0.3, -0.25) is 9.69 Å². The molecule has 1 amide bonds. The zero-order valence-corrected chi connectivity index (χ0v) is 19.0. The molecular weight excluding hydrogens is 423 g/mol. The highest BCUT2D eigenvalue weighted by atomic mass is 35.5. The van der Waals surface area contributed by atoms with E-state index in [4.69, 9.17) is 21.1 Å². The van der Waals surface area contributed by atoms with E-state index in [0.29, 0.717) is 35.2 Å². The van der Waals surface area contributed by atoms with Crippen LogP contribution in [-0.2, 0) is 6.54 Å². The lowest BCUT2D eigenvalue weighted by Gasteiger charge is -2.30. The van der Waals surface area contributed by atoms with Gasteiger partial charge in [0.2, 0.25) is 0 Å². The molecule has 7 heteroatoms. The zero-order chi connectivity index (χ0) is 20.4. The van der Waals surface area contributed by atoms with Gasteiger partial charge in [-0.1, -0.05) is 30.7 Å². The van der Waals surface area contributed by atoms with Gasteiger partial charge in [0, 0.05) is 18.3 Å². The molecule has 0 radical (unpaired) electrons. The molecule has 4 rings (SSSR count). The van der Waals surface area contributed by atoms with E-state index in [1.165, 1.54) is 12.8 Å². The van der Waals surface area contributed by atoms with Crippen molar-refractivity contribution in [2.24, 2.45) is 5.92 Å². The summed E-state index contributed by atoms with van der Waals surface area (Å²) in [6, 6.07) is 11.2. The van der Waals surface area contributed by atoms with Crippen LogP contribution >= 0.6 is 24.0 Å². The number of likely N-dealkylation sites (tertiary alicyclic amines) is 1. The highest BCUT2D eigenvalue weighted by Gasteiger charge is 2.31. The first kappa shape index (κ1) is 22.7. The predicted molar refractivity (Wildman–Crippen MR) is 123 cm³/mol. The van der Waals surface area contributed by atoms with Gasteiger partial charge in [-0.05, 0) is 55.6 Å². The van der Waals surface area contributed by atoms with Crippen LogP contribution in [0.25, 0.3) is 0 Å². The number of carbonyl (C=O) groups is 1. The molecule has 1 fully saturated rings. The first-order valence-corrected chi connectivity index (χ1v) is 10.6. The molecule has 2 aliphatic rings. The van der Waals surface area contributed by atoms with Crippen LogP contribution in [0.4, 0.5) is 5.69 Å². The molecule has 0 N–H and O–H groups in total. The summed E-state index contributed by atoms with van der Waals surface area (Å²) in [6.45, 7) is 6.56. The van der Waals surface area contributed by atoms with E-state index in [9.17, 15) is 4.79 Å². The Kier molecular flexibility index (Phi) is 7.50. The normalized spacial score (nSPS) is 16.9. The second kappa shape index (κ2) is 9.90. The summed E-state index contributed by atoms with van der Waals surface area (Å²) in [5.41, 5.74) is 2.32. The van der Waals surface area contributed by atoms with Crippen LogP contribution in [0.1, 0.15) is 35.7 Å². The number of hydrogen-bond acceptors (Lipinski definition) is 4. The summed E-state index contributed by atoms with van der Waals surface area (Å²) in [4.78, 5) is 17.1. The van der Waals surface area contributed by atoms with Gasteiger partial charge in [0.15, 0.2) is 11.5 Å². The van der Waals surface area contributed by atoms with Crippen molar-refractivity contribution >= 4 is 35.6 Å². The number of methoxy groups -OCH3 is 1. The van der Waals surface area contributed by atoms with E-state index in [0.717, 1.165) is 36.8 Å². The molecule has 2 aromatic carbocycles. The molecular formula is C23H28Cl2N2O3. The quantitative estimate of drug-likeness (QED) is 0.617. The first-order valence-electron chi connectivity index (χ1n) is 10.2. The number of fused-ring (bicyclic) bond motifs is 1. The van der Waals surface area contributed by atoms with Crippen LogP contribution < -0.4 is 14.4 Å². The minimum Gasteiger partial charge on any atom is -0.493 e. The van der Waals surface area contributed by atoms with Crippen molar-refractivity contribution in [3.63, 3.8) is 0 Å². The second-order valence-corrected chi connectivity index (χ2v) is 8.28. The maximum absolute atomic E-state index is 12.9. The number of amides is 1. The Hall–Kier alpha value is -1.95. The number of hydrogen-bond donors (Lipinski definition) is 0. The SMILES string of the molecule is COc1ccc(N2Cc3cccc(Cl)c3C2=O)cc1OCCN1CCC(C)CC1.Cl. The smallest absolute Gasteiger partial charge is 0.260 e. The van der Waals surface area contributed by atoms with E-state index in [2.05, 4.69) is 11.8 Å². The summed E-state index contributed by atoms with van der Waals surface area (Å²) in [5, 5.41) is 0.496. The first-order chi connectivity index (χ1) is 14.1. The maximum Gasteiger partial charge on any atom is 0.260 e. The average Bonchev–Trinajstić information content (AvgIpc) is 3.07. The summed E-state index contributed by atoms with van der Waals surface area (Å²) in [5.74, 6) is 2.07. The molecule has 2 aromatic rings. The van der Waals surface area contributed by atoms with Crippen LogP contribution in [0.5, 0.6) is 11.5 Å². The number of carbonyl (C=O) groups excluding carboxylic acids is 1. The summed E-state index contributed by atoms with van der Waals surface area (Å²) < 4.78 is 11.5. The number of rotatable bonds is 6. The number of piperidine rings is 1. The molecule has 0 unspecified atom stereocenters. The van der Waals surface area contributed by atoms with Crippen molar-refractivity contribution in [1.29, 1.82) is 0 Å². The van der Waals surface area contributed by atoms with Gasteiger partial charge in [0.1, 0.15) is 6.61 Å². The van der Waals surface area contributed by atoms with Crippen molar-refractivity contribution < 1.29 is 14.3 Å². The average molecular weight is 451 g/mol. The van der Waals surface area contributed by atoms with Crippen LogP contribution in [0.2, 0.25) is 5.02 Å². The van der Waals surface area contributed by atoms with Crippen molar-refractivity contribution in [2.75, 3.05) is 38.3 Å². The van der Waals surface area contributed by atoms with Crippen molar-refractivity contribution in [1.82, 2.24) is 4.90 Å². The Bertz CT molecular complexity index is 898. The van der Waals surface area contributed by atoms with Crippen molar-refractivity contribution in [3.05, 3.63) is 52.5 Å². The summed E-state index contributed by atoms with van der Waals surface area (Å²) in [6.07, 6.45) is 2.50. The van der Waals surface area contributed by atoms with E-state index >= 15 is 0 Å². The van der Waals surface area contributed by atoms with Crippen LogP contribution in [0, 0.1) is 5.92 Å². The van der Waals surface area contributed by atoms with Gasteiger partial charge < -0.3 is 14.4 Å². The lowest BCUT2D eigenvalue weighted by Crippen LogP contribution is -2.35. The largest absolute Gasteiger partial charge is 0.493 e. The monoisotopic (exact) mass is 450 g/mol. The third-order valence-corrected chi connectivity index (χ3v) is 6.20. The Morgan fingerprint density at radius 3 is 2.60 bits per heavy atom. The molecule has 30 heavy (non-hydrogen) atoms. The van der Waals surface area contributed by atoms with E-state index < -0.39 is 0 Å². The standard InChI is InChI=1S/C23H27ClN2O3.ClH/c1-16-8-10-25(11-9-16)12-13-29-21-14-18(6-7-20(21)28-2)26-15-17-4-3-5-19(24)22(17)23(26)27;/h3-7,14,16H,8-13,15H2,1-2H3;1H. The van der Waals surface area contributed by atoms with Crippen molar-refractivity contribution in [3.8, 4) is 11.5 Å². The molecule has 0 spiro atoms. The fourth-order valence-electron chi connectivity index (χ4n) is 4.04. The third-order valence-electron chi connectivity index (χ3n) is 5.89. The maximum atomic E-state index is 12.9. The van der Waals surface area contributed by atoms with Gasteiger partial charge >= 0.3 is 0 Å². The Balaban J connectivity index is 0.00000256. The molecule has 0 atom stereocenters. The van der Waals surface area contributed by atoms with Crippen LogP contribution in [0.15, 0.2) is 36.4 Å². The molecule has 0 aliphatic carbocycles. The summed E-state index contributed by atoms with van der Waals surface area (Å²) >= 11 is 6.25. The fourth-order valence-corrected chi connectivity index (χ4v) is 4.32. The number of halogens is 2. The van der Waals surface area contributed by atoms with Gasteiger partial charge in [-0.15, -0.1) is 12.4 Å². The lowest BCUT2D eigenvalue weighted by molar-refractivity contribution is 0.0996. The van der Waals surface area contributed by atoms with Gasteiger partial charge in [-0.2, -0.15) is 0 Å². The predicted octanol–water partition coefficient (Wildman–Crippen LogP) is 5.04. The van der Waals surface area contributed by atoms with Gasteiger partial charge in [0.05, 0.1) is 24.2 Å². The highest BCUT2D eigenvalue weighted by Crippen LogP contribution is 2.37. The minimum absolute atomic E-state index is 0. The fraction of sp³-hybridized carbons (Fsp3) is 0.435. The Morgan fingerprint density at radius 2 is 1.90 bits per heavy atom. The molecule has 0 bridgehead atoms. The number of benzene rings is 2. The van der Waals surface area contributed by atoms with E-state index in [1.807, 2.05) is 30.3 Å². The Morgan fingerprint density at radius 1 is 1.13 bits per heavy atom. The highest BCUT2D eigenvalue weighted by molar-refractivity contribution is 6.35. The molecule has 2 heterocycles. The number of ether oxygens (including phenoxy) is 2. The molecule has 1 saturated heterocycles. The summed E-state index contributed by atoms with van der Waals surface area (Å²) in [7, 11) is 1.63. The molecule has 2 aliphatic heterocycles. The molecule has 5 nitrogen and oxygen atoms in total. The zero-order valence-electron chi connectivity index (χ0n) is 17.4. The Labute approximate surface area is 189 Å². The lowest BCUT2D eigenvalue weighted by atomic mass is 9.99. The van der Waals surface area contributed by atoms with Crippen LogP contribution in [-0.4, -0.2) is 44.2 Å². The molecule has 162 valence electrons. The second-order valence-electron chi connectivity index (χ2n) is 7.87. The van der Waals surface area contributed by atoms with E-state index in [1.54, 1.807) is 18.1 Å². The van der Waals surface area contributed by atoms with Gasteiger partial charge in [0.25, 0.3) is 5.91 Å². The molecule has 0 saturated carbocycles. The minimum atomic E-state index is -0.0795. The van der Waals surface area contributed by atoms with E-state index in [-0.39, 0.29) is 18.3 Å². The number of anilines is 1. The third kappa shape index (κ3) is 4.69. The van der Waals surface area contributed by atoms with Gasteiger partial charge in [-0.25, -0.2) is 0 Å². The van der Waals surface area contributed by atoms with Crippen molar-refractivity contribution in [2.45, 2.75) is 26.3 Å². The number of nitrogens with zero attached hydrogens (tertiary/aromatic N) is 2. The topological polar surface area (TPSA) is 42.0 Å².